The molecule has 0 saturated heterocycles. The van der Waals surface area contributed by atoms with E-state index in [0.717, 1.165) is 6.07 Å². The Morgan fingerprint density at radius 1 is 1.05 bits per heavy atom. The van der Waals surface area contributed by atoms with Crippen LogP contribution in [0.25, 0.3) is 11.1 Å². The molecule has 0 N–H and O–H groups in total. The van der Waals surface area contributed by atoms with Crippen molar-refractivity contribution in [3.63, 3.8) is 0 Å². The van der Waals surface area contributed by atoms with Gasteiger partial charge in [-0.15, -0.1) is 0 Å². The van der Waals surface area contributed by atoms with Crippen LogP contribution in [0.15, 0.2) is 30.6 Å². The molecule has 0 aliphatic rings. The van der Waals surface area contributed by atoms with Crippen LogP contribution in [0.2, 0.25) is 0 Å². The van der Waals surface area contributed by atoms with Gasteiger partial charge in [-0.05, 0) is 31.5 Å². The summed E-state index contributed by atoms with van der Waals surface area (Å²) in [5, 5.41) is 4.17. The summed E-state index contributed by atoms with van der Waals surface area (Å²) in [7, 11) is 0. The van der Waals surface area contributed by atoms with Gasteiger partial charge in [-0.25, -0.2) is 8.78 Å². The van der Waals surface area contributed by atoms with E-state index in [4.69, 9.17) is 9.47 Å². The first-order chi connectivity index (χ1) is 10.1. The molecule has 114 valence electrons. The maximum atomic E-state index is 13.2. The molecule has 0 saturated carbocycles. The average Bonchev–Trinajstić information content (AvgIpc) is 2.87. The van der Waals surface area contributed by atoms with Crippen molar-refractivity contribution in [1.82, 2.24) is 9.78 Å². The lowest BCUT2D eigenvalue weighted by molar-refractivity contribution is -0.144. The topological polar surface area (TPSA) is 36.3 Å². The van der Waals surface area contributed by atoms with Crippen LogP contribution < -0.4 is 0 Å². The van der Waals surface area contributed by atoms with Crippen molar-refractivity contribution < 1.29 is 18.3 Å². The SMILES string of the molecule is CCOC(Cn1cc(-c2cc(F)cc(F)c2)cn1)OCC. The molecule has 0 aliphatic heterocycles. The fraction of sp³-hybridized carbons (Fsp3) is 0.400. The summed E-state index contributed by atoms with van der Waals surface area (Å²) in [6.07, 6.45) is 2.87. The second-order valence-corrected chi connectivity index (χ2v) is 4.45. The van der Waals surface area contributed by atoms with Crippen molar-refractivity contribution in [2.75, 3.05) is 13.2 Å². The van der Waals surface area contributed by atoms with Crippen LogP contribution in [-0.2, 0) is 16.0 Å². The molecule has 2 aromatic rings. The van der Waals surface area contributed by atoms with Gasteiger partial charge >= 0.3 is 0 Å². The van der Waals surface area contributed by atoms with Crippen LogP contribution in [0.4, 0.5) is 8.78 Å². The van der Waals surface area contributed by atoms with Crippen LogP contribution in [0.3, 0.4) is 0 Å². The molecule has 0 radical (unpaired) electrons. The highest BCUT2D eigenvalue weighted by atomic mass is 19.1. The lowest BCUT2D eigenvalue weighted by Gasteiger charge is -2.16. The molecule has 6 heteroatoms. The third-order valence-corrected chi connectivity index (χ3v) is 2.87. The van der Waals surface area contributed by atoms with E-state index in [9.17, 15) is 8.78 Å². The number of nitrogens with zero attached hydrogens (tertiary/aromatic N) is 2. The molecular weight excluding hydrogens is 278 g/mol. The van der Waals surface area contributed by atoms with Gasteiger partial charge in [0.1, 0.15) is 11.6 Å². The van der Waals surface area contributed by atoms with Gasteiger partial charge in [0.2, 0.25) is 0 Å². The van der Waals surface area contributed by atoms with E-state index in [0.29, 0.717) is 30.9 Å². The second-order valence-electron chi connectivity index (χ2n) is 4.45. The number of benzene rings is 1. The standard InChI is InChI=1S/C15H18F2N2O2/c1-3-20-15(21-4-2)10-19-9-12(8-18-19)11-5-13(16)7-14(17)6-11/h5-9,15H,3-4,10H2,1-2H3. The molecule has 0 atom stereocenters. The lowest BCUT2D eigenvalue weighted by atomic mass is 10.1. The van der Waals surface area contributed by atoms with E-state index in [-0.39, 0.29) is 0 Å². The minimum Gasteiger partial charge on any atom is -0.351 e. The van der Waals surface area contributed by atoms with E-state index in [1.54, 1.807) is 17.1 Å². The zero-order valence-corrected chi connectivity index (χ0v) is 12.1. The van der Waals surface area contributed by atoms with Gasteiger partial charge < -0.3 is 9.47 Å². The molecule has 0 spiro atoms. The van der Waals surface area contributed by atoms with E-state index in [1.807, 2.05) is 13.8 Å². The zero-order valence-electron chi connectivity index (χ0n) is 12.1. The smallest absolute Gasteiger partial charge is 0.176 e. The van der Waals surface area contributed by atoms with Crippen LogP contribution in [0.5, 0.6) is 0 Å². The first kappa shape index (κ1) is 15.6. The van der Waals surface area contributed by atoms with Gasteiger partial charge in [-0.3, -0.25) is 4.68 Å². The number of hydrogen-bond acceptors (Lipinski definition) is 3. The number of ether oxygens (including phenoxy) is 2. The number of halogens is 2. The van der Waals surface area contributed by atoms with Crippen molar-refractivity contribution in [2.45, 2.75) is 26.7 Å². The van der Waals surface area contributed by atoms with E-state index in [2.05, 4.69) is 5.10 Å². The molecule has 1 heterocycles. The van der Waals surface area contributed by atoms with Gasteiger partial charge in [0.05, 0.1) is 12.7 Å². The lowest BCUT2D eigenvalue weighted by Crippen LogP contribution is -2.23. The Labute approximate surface area is 122 Å². The first-order valence-electron chi connectivity index (χ1n) is 6.84. The summed E-state index contributed by atoms with van der Waals surface area (Å²) in [5.41, 5.74) is 1.09. The average molecular weight is 296 g/mol. The van der Waals surface area contributed by atoms with Crippen LogP contribution >= 0.6 is 0 Å². The minimum absolute atomic E-state index is 0.392. The van der Waals surface area contributed by atoms with Crippen LogP contribution in [-0.4, -0.2) is 29.3 Å². The van der Waals surface area contributed by atoms with Crippen LogP contribution in [0, 0.1) is 11.6 Å². The van der Waals surface area contributed by atoms with Gasteiger partial charge in [-0.2, -0.15) is 5.10 Å². The summed E-state index contributed by atoms with van der Waals surface area (Å²) < 4.78 is 39.0. The Kier molecular flexibility index (Phi) is 5.41. The Morgan fingerprint density at radius 3 is 2.24 bits per heavy atom. The zero-order chi connectivity index (χ0) is 15.2. The second kappa shape index (κ2) is 7.28. The molecule has 0 aliphatic carbocycles. The summed E-state index contributed by atoms with van der Waals surface area (Å²) in [6, 6.07) is 3.38. The van der Waals surface area contributed by atoms with Crippen LogP contribution in [0.1, 0.15) is 13.8 Å². The largest absolute Gasteiger partial charge is 0.351 e. The third-order valence-electron chi connectivity index (χ3n) is 2.87. The van der Waals surface area contributed by atoms with E-state index in [1.165, 1.54) is 12.1 Å². The predicted molar refractivity (Wildman–Crippen MR) is 74.6 cm³/mol. The summed E-state index contributed by atoms with van der Waals surface area (Å²) in [6.45, 7) is 5.26. The predicted octanol–water partition coefficient (Wildman–Crippen LogP) is 3.23. The highest BCUT2D eigenvalue weighted by Crippen LogP contribution is 2.21. The Balaban J connectivity index is 2.13. The van der Waals surface area contributed by atoms with Crippen molar-refractivity contribution in [2.24, 2.45) is 0 Å². The summed E-state index contributed by atoms with van der Waals surface area (Å²) in [4.78, 5) is 0. The Bertz CT molecular complexity index is 561. The summed E-state index contributed by atoms with van der Waals surface area (Å²) in [5.74, 6) is -1.22. The number of rotatable bonds is 7. The molecule has 2 rings (SSSR count). The van der Waals surface area contributed by atoms with E-state index < -0.39 is 17.9 Å². The van der Waals surface area contributed by atoms with Gasteiger partial charge in [0.25, 0.3) is 0 Å². The molecule has 1 aromatic carbocycles. The third kappa shape index (κ3) is 4.34. The van der Waals surface area contributed by atoms with Crippen molar-refractivity contribution in [3.05, 3.63) is 42.2 Å². The normalized spacial score (nSPS) is 11.3. The molecule has 0 amide bonds. The molecule has 0 bridgehead atoms. The molecule has 0 fully saturated rings. The fourth-order valence-electron chi connectivity index (χ4n) is 2.01. The van der Waals surface area contributed by atoms with Crippen molar-refractivity contribution >= 4 is 0 Å². The maximum absolute atomic E-state index is 13.2. The highest BCUT2D eigenvalue weighted by Gasteiger charge is 2.11. The molecule has 4 nitrogen and oxygen atoms in total. The van der Waals surface area contributed by atoms with Gasteiger partial charge in [-0.1, -0.05) is 0 Å². The fourth-order valence-corrected chi connectivity index (χ4v) is 2.01. The first-order valence-corrected chi connectivity index (χ1v) is 6.84. The maximum Gasteiger partial charge on any atom is 0.176 e. The Morgan fingerprint density at radius 2 is 1.67 bits per heavy atom. The van der Waals surface area contributed by atoms with E-state index >= 15 is 0 Å². The van der Waals surface area contributed by atoms with Crippen molar-refractivity contribution in [1.29, 1.82) is 0 Å². The molecular formula is C15H18F2N2O2. The number of hydrogen-bond donors (Lipinski definition) is 0. The van der Waals surface area contributed by atoms with Gasteiger partial charge in [0.15, 0.2) is 6.29 Å². The highest BCUT2D eigenvalue weighted by molar-refractivity contribution is 5.61. The molecule has 21 heavy (non-hydrogen) atoms. The minimum atomic E-state index is -0.612. The molecule has 1 aromatic heterocycles. The molecule has 0 unspecified atom stereocenters. The monoisotopic (exact) mass is 296 g/mol. The quantitative estimate of drug-likeness (QED) is 0.736. The Hall–Kier alpha value is -1.79. The number of aromatic nitrogens is 2. The summed E-state index contributed by atoms with van der Waals surface area (Å²) >= 11 is 0. The van der Waals surface area contributed by atoms with Gasteiger partial charge in [0, 0.05) is 31.0 Å². The van der Waals surface area contributed by atoms with Crippen molar-refractivity contribution in [3.8, 4) is 11.1 Å².